The molecule has 0 aliphatic carbocycles. The van der Waals surface area contributed by atoms with E-state index in [0.29, 0.717) is 4.57 Å². The molecule has 5 N–H and O–H groups in total. The van der Waals surface area contributed by atoms with Crippen LogP contribution in [0.3, 0.4) is 0 Å². The second kappa shape index (κ2) is 6.32. The van der Waals surface area contributed by atoms with Gasteiger partial charge in [0.1, 0.15) is 6.29 Å². The van der Waals surface area contributed by atoms with Crippen molar-refractivity contribution < 1.29 is 27.7 Å². The number of benzene rings is 2. The largest absolute Gasteiger partial charge is 0.345 e. The molecule has 0 aliphatic rings. The number of hydrogen-bond acceptors (Lipinski definition) is 7. The number of aromatic amines is 1. The van der Waals surface area contributed by atoms with E-state index in [1.54, 1.807) is 0 Å². The summed E-state index contributed by atoms with van der Waals surface area (Å²) in [6, 6.07) is 4.19. The Balaban J connectivity index is 2.72. The van der Waals surface area contributed by atoms with Crippen LogP contribution in [-0.2, 0) is 20.9 Å². The zero-order chi connectivity index (χ0) is 21.0. The highest BCUT2D eigenvalue weighted by atomic mass is 32.2. The lowest BCUT2D eigenvalue weighted by molar-refractivity contribution is -0.383. The smallest absolute Gasteiger partial charge is 0.323 e. The molecule has 28 heavy (non-hydrogen) atoms. The number of nitrogens with zero attached hydrogens (tertiary/aromatic N) is 2. The lowest BCUT2D eigenvalue weighted by Gasteiger charge is -2.14. The summed E-state index contributed by atoms with van der Waals surface area (Å²) < 4.78 is 35.7. The fourth-order valence-electron chi connectivity index (χ4n) is 2.90. The Kier molecular flexibility index (Phi) is 4.48. The highest BCUT2D eigenvalue weighted by Crippen LogP contribution is 2.39. The first-order valence-electron chi connectivity index (χ1n) is 7.25. The van der Waals surface area contributed by atoms with Gasteiger partial charge in [-0.1, -0.05) is 12.1 Å². The Morgan fingerprint density at radius 3 is 2.46 bits per heavy atom. The molecule has 0 bridgehead atoms. The number of primary sulfonamides is 1. The first-order chi connectivity index (χ1) is 12.8. The number of nitrogens with two attached hydrogens (primary N) is 1. The minimum absolute atomic E-state index is 0.211. The molecule has 0 fully saturated rings. The highest BCUT2D eigenvalue weighted by molar-refractivity contribution is 7.89. The van der Waals surface area contributed by atoms with Crippen molar-refractivity contribution in [2.45, 2.75) is 11.2 Å². The molecule has 0 unspecified atom stereocenters. The molecular formula is C13H11N4O9PS. The van der Waals surface area contributed by atoms with Gasteiger partial charge in [0.15, 0.2) is 0 Å². The van der Waals surface area contributed by atoms with Crippen LogP contribution < -0.4 is 16.3 Å². The van der Waals surface area contributed by atoms with E-state index in [9.17, 15) is 42.5 Å². The molecule has 3 aromatic rings. The maximum atomic E-state index is 12.2. The maximum Gasteiger partial charge on any atom is 0.345 e. The molecule has 0 aliphatic heterocycles. The van der Waals surface area contributed by atoms with Crippen molar-refractivity contribution in [3.05, 3.63) is 55.1 Å². The Morgan fingerprint density at radius 1 is 1.29 bits per heavy atom. The third-order valence-electron chi connectivity index (χ3n) is 3.86. The average molecular weight is 430 g/mol. The van der Waals surface area contributed by atoms with Crippen LogP contribution in [0.5, 0.6) is 0 Å². The Bertz CT molecular complexity index is 1430. The third-order valence-corrected chi connectivity index (χ3v) is 5.46. The van der Waals surface area contributed by atoms with Gasteiger partial charge in [0.2, 0.25) is 10.0 Å². The van der Waals surface area contributed by atoms with Gasteiger partial charge in [-0.25, -0.2) is 13.6 Å². The van der Waals surface area contributed by atoms with E-state index in [0.717, 1.165) is 12.1 Å². The van der Waals surface area contributed by atoms with E-state index in [1.165, 1.54) is 12.1 Å². The quantitative estimate of drug-likeness (QED) is 0.138. The summed E-state index contributed by atoms with van der Waals surface area (Å²) in [6.45, 7) is 0. The Labute approximate surface area is 154 Å². The van der Waals surface area contributed by atoms with Crippen LogP contribution in [0.4, 0.5) is 5.69 Å². The summed E-state index contributed by atoms with van der Waals surface area (Å²) >= 11 is 0. The monoisotopic (exact) mass is 430 g/mol. The average Bonchev–Trinajstić information content (AvgIpc) is 2.55. The summed E-state index contributed by atoms with van der Waals surface area (Å²) in [4.78, 5) is 54.6. The molecule has 0 saturated carbocycles. The molecule has 0 spiro atoms. The van der Waals surface area contributed by atoms with E-state index < -0.39 is 55.9 Å². The first kappa shape index (κ1) is 19.9. The van der Waals surface area contributed by atoms with E-state index in [4.69, 9.17) is 5.14 Å². The first-order valence-corrected chi connectivity index (χ1v) is 10.6. The highest BCUT2D eigenvalue weighted by Gasteiger charge is 2.27. The zero-order valence-corrected chi connectivity index (χ0v) is 15.3. The molecule has 13 nitrogen and oxygen atoms in total. The van der Waals surface area contributed by atoms with Gasteiger partial charge in [-0.2, -0.15) is 0 Å². The molecular weight excluding hydrogens is 419 g/mol. The second-order valence-electron chi connectivity index (χ2n) is 5.77. The summed E-state index contributed by atoms with van der Waals surface area (Å²) in [5.41, 5.74) is -3.91. The lowest BCUT2D eigenvalue weighted by Crippen LogP contribution is -2.36. The molecule has 1 heterocycles. The zero-order valence-electron chi connectivity index (χ0n) is 13.6. The molecule has 2 aromatic carbocycles. The van der Waals surface area contributed by atoms with Crippen LogP contribution in [0.1, 0.15) is 0 Å². The van der Waals surface area contributed by atoms with Crippen LogP contribution in [0.15, 0.2) is 38.8 Å². The van der Waals surface area contributed by atoms with Gasteiger partial charge in [0.25, 0.3) is 5.69 Å². The van der Waals surface area contributed by atoms with E-state index in [-0.39, 0.29) is 16.4 Å². The summed E-state index contributed by atoms with van der Waals surface area (Å²) in [7, 11) is -9.30. The molecule has 148 valence electrons. The van der Waals surface area contributed by atoms with Crippen LogP contribution >= 0.6 is 7.60 Å². The second-order valence-corrected chi connectivity index (χ2v) is 8.91. The van der Waals surface area contributed by atoms with Gasteiger partial charge in [0.05, 0.1) is 26.2 Å². The minimum Gasteiger partial charge on any atom is -0.323 e. The summed E-state index contributed by atoms with van der Waals surface area (Å²) in [6.07, 6.45) is -1.20. The number of nitro groups is 1. The van der Waals surface area contributed by atoms with Crippen molar-refractivity contribution in [3.8, 4) is 0 Å². The van der Waals surface area contributed by atoms with Crippen LogP contribution in [0.25, 0.3) is 21.8 Å². The molecule has 0 saturated heterocycles. The Morgan fingerprint density at radius 2 is 1.93 bits per heavy atom. The fraction of sp³-hybridized carbons (Fsp3) is 0.0769. The van der Waals surface area contributed by atoms with Crippen LogP contribution in [-0.4, -0.2) is 32.7 Å². The third kappa shape index (κ3) is 3.34. The molecule has 0 amide bonds. The van der Waals surface area contributed by atoms with E-state index in [1.807, 2.05) is 0 Å². The van der Waals surface area contributed by atoms with Gasteiger partial charge < -0.3 is 14.8 Å². The van der Waals surface area contributed by atoms with Crippen molar-refractivity contribution in [1.82, 2.24) is 9.55 Å². The van der Waals surface area contributed by atoms with E-state index >= 15 is 0 Å². The molecule has 1 aromatic heterocycles. The number of H-pyrrole nitrogens is 1. The molecule has 0 atom stereocenters. The van der Waals surface area contributed by atoms with Gasteiger partial charge in [0, 0.05) is 11.5 Å². The van der Waals surface area contributed by atoms with Crippen molar-refractivity contribution in [1.29, 1.82) is 0 Å². The molecule has 15 heteroatoms. The molecule has 0 radical (unpaired) electrons. The minimum atomic E-state index is -4.86. The van der Waals surface area contributed by atoms with Crippen LogP contribution in [0, 0.1) is 10.1 Å². The number of aromatic nitrogens is 2. The van der Waals surface area contributed by atoms with Gasteiger partial charge in [-0.3, -0.25) is 28.8 Å². The van der Waals surface area contributed by atoms with Crippen molar-refractivity contribution in [2.24, 2.45) is 5.14 Å². The topological polar surface area (TPSA) is 216 Å². The SMILES string of the molecule is NS(=O)(=O)c1cccc2c1c([N+](=O)[O-])cc1[nH]c(=O)c(=O)n(CP(=O)(O)O)c12. The maximum absolute atomic E-state index is 12.2. The van der Waals surface area contributed by atoms with Gasteiger partial charge >= 0.3 is 18.7 Å². The van der Waals surface area contributed by atoms with Crippen molar-refractivity contribution in [2.75, 3.05) is 0 Å². The van der Waals surface area contributed by atoms with Gasteiger partial charge in [-0.15, -0.1) is 0 Å². The summed E-state index contributed by atoms with van der Waals surface area (Å²) in [5.74, 6) is 0. The lowest BCUT2D eigenvalue weighted by atomic mass is 10.1. The number of rotatable bonds is 4. The number of non-ortho nitro benzene ring substituents is 1. The van der Waals surface area contributed by atoms with Crippen molar-refractivity contribution in [3.63, 3.8) is 0 Å². The predicted molar refractivity (Wildman–Crippen MR) is 96.4 cm³/mol. The number of hydrogen-bond donors (Lipinski definition) is 4. The number of nitrogens with one attached hydrogen (secondary N) is 1. The Hall–Kier alpha value is -2.90. The number of nitro benzene ring substituents is 1. The number of fused-ring (bicyclic) bond motifs is 3. The molecule has 3 rings (SSSR count). The summed E-state index contributed by atoms with van der Waals surface area (Å²) in [5, 5.41) is 15.9. The van der Waals surface area contributed by atoms with Gasteiger partial charge in [-0.05, 0) is 6.07 Å². The standard InChI is InChI=1S/C13H11N4O9PS/c14-28(25,26)9-3-1-2-6-10(9)8(17(20)21)4-7-11(6)16(5-27(22,23)24)13(19)12(18)15-7/h1-4H,5H2,(H,15,18)(H2,14,25,26)(H2,22,23,24). The fourth-order valence-corrected chi connectivity index (χ4v) is 4.31. The predicted octanol–water partition coefficient (Wildman–Crippen LogP) is -0.466. The van der Waals surface area contributed by atoms with Crippen LogP contribution in [0.2, 0.25) is 0 Å². The van der Waals surface area contributed by atoms with Crippen molar-refractivity contribution >= 4 is 45.1 Å². The normalized spacial score (nSPS) is 12.5. The number of sulfonamides is 1. The van der Waals surface area contributed by atoms with E-state index in [2.05, 4.69) is 4.98 Å².